The van der Waals surface area contributed by atoms with E-state index in [2.05, 4.69) is 12.2 Å². The first kappa shape index (κ1) is 9.52. The molecule has 0 aliphatic heterocycles. The van der Waals surface area contributed by atoms with Crippen molar-refractivity contribution in [3.63, 3.8) is 0 Å². The quantitative estimate of drug-likeness (QED) is 0.650. The predicted molar refractivity (Wildman–Crippen MR) is 48.6 cm³/mol. The summed E-state index contributed by atoms with van der Waals surface area (Å²) in [5, 5.41) is 3.15. The molecule has 1 saturated carbocycles. The van der Waals surface area contributed by atoms with E-state index in [1.165, 1.54) is 25.7 Å². The minimum absolute atomic E-state index is 0.264. The minimum atomic E-state index is -0.264. The Morgan fingerprint density at radius 1 is 1.58 bits per heavy atom. The van der Waals surface area contributed by atoms with Crippen LogP contribution in [0, 0.1) is 5.92 Å². The van der Waals surface area contributed by atoms with Crippen molar-refractivity contribution in [3.8, 4) is 0 Å². The second-order valence-corrected chi connectivity index (χ2v) is 3.68. The number of nitrogens with one attached hydrogen (secondary N) is 1. The van der Waals surface area contributed by atoms with Gasteiger partial charge in [0.05, 0.1) is 6.54 Å². The van der Waals surface area contributed by atoms with E-state index in [-0.39, 0.29) is 5.91 Å². The fraction of sp³-hybridized carbons (Fsp3) is 0.889. The van der Waals surface area contributed by atoms with E-state index < -0.39 is 0 Å². The zero-order chi connectivity index (χ0) is 8.97. The molecule has 1 amide bonds. The Bertz CT molecular complexity index is 153. The van der Waals surface area contributed by atoms with Gasteiger partial charge in [0.2, 0.25) is 5.91 Å². The molecule has 0 aromatic carbocycles. The Morgan fingerprint density at radius 3 is 2.67 bits per heavy atom. The van der Waals surface area contributed by atoms with E-state index in [9.17, 15) is 4.79 Å². The predicted octanol–water partition coefficient (Wildman–Crippen LogP) is 0.640. The van der Waals surface area contributed by atoms with Gasteiger partial charge in [0.15, 0.2) is 0 Å². The lowest BCUT2D eigenvalue weighted by Gasteiger charge is -2.19. The van der Waals surface area contributed by atoms with Gasteiger partial charge in [-0.05, 0) is 25.7 Å². The van der Waals surface area contributed by atoms with Gasteiger partial charge in [-0.2, -0.15) is 0 Å². The van der Waals surface area contributed by atoms with Crippen molar-refractivity contribution in [2.24, 2.45) is 11.7 Å². The van der Waals surface area contributed by atoms with Crippen LogP contribution >= 0.6 is 0 Å². The molecule has 0 aromatic rings. The fourth-order valence-corrected chi connectivity index (χ4v) is 1.89. The Hall–Kier alpha value is -0.570. The van der Waals surface area contributed by atoms with Gasteiger partial charge in [-0.1, -0.05) is 12.8 Å². The van der Waals surface area contributed by atoms with Crippen LogP contribution in [0.1, 0.15) is 32.6 Å². The van der Waals surface area contributed by atoms with Crippen LogP contribution in [0.5, 0.6) is 0 Å². The number of hydrogen-bond acceptors (Lipinski definition) is 2. The molecular weight excluding hydrogens is 152 g/mol. The third kappa shape index (κ3) is 2.81. The normalized spacial score (nSPS) is 21.1. The van der Waals surface area contributed by atoms with Crippen molar-refractivity contribution in [3.05, 3.63) is 0 Å². The Balaban J connectivity index is 2.17. The summed E-state index contributed by atoms with van der Waals surface area (Å²) in [5.74, 6) is 0.490. The lowest BCUT2D eigenvalue weighted by atomic mass is 10.00. The van der Waals surface area contributed by atoms with Crippen LogP contribution in [-0.4, -0.2) is 18.5 Å². The maximum absolute atomic E-state index is 10.5. The maximum atomic E-state index is 10.5. The molecule has 3 heteroatoms. The van der Waals surface area contributed by atoms with Gasteiger partial charge in [0.1, 0.15) is 0 Å². The van der Waals surface area contributed by atoms with Gasteiger partial charge >= 0.3 is 0 Å². The summed E-state index contributed by atoms with van der Waals surface area (Å²) in [7, 11) is 0. The number of hydrogen-bond donors (Lipinski definition) is 2. The van der Waals surface area contributed by atoms with Gasteiger partial charge in [0.25, 0.3) is 0 Å². The maximum Gasteiger partial charge on any atom is 0.231 e. The highest BCUT2D eigenvalue weighted by molar-refractivity contribution is 5.75. The third-order valence-electron chi connectivity index (χ3n) is 2.71. The van der Waals surface area contributed by atoms with Gasteiger partial charge in [0, 0.05) is 6.04 Å². The van der Waals surface area contributed by atoms with E-state index in [0.717, 1.165) is 5.92 Å². The van der Waals surface area contributed by atoms with E-state index in [1.807, 2.05) is 0 Å². The zero-order valence-corrected chi connectivity index (χ0v) is 7.68. The van der Waals surface area contributed by atoms with E-state index >= 15 is 0 Å². The standard InChI is InChI=1S/C9H18N2O/c1-7(11-6-9(10)12)8-4-2-3-5-8/h7-8,11H,2-6H2,1H3,(H2,10,12)/t7-/m1/s1. The largest absolute Gasteiger partial charge is 0.369 e. The van der Waals surface area contributed by atoms with Crippen molar-refractivity contribution in [2.45, 2.75) is 38.6 Å². The summed E-state index contributed by atoms with van der Waals surface area (Å²) < 4.78 is 0. The molecular formula is C9H18N2O. The summed E-state index contributed by atoms with van der Waals surface area (Å²) in [6.45, 7) is 2.45. The summed E-state index contributed by atoms with van der Waals surface area (Å²) in [5.41, 5.74) is 5.04. The monoisotopic (exact) mass is 170 g/mol. The lowest BCUT2D eigenvalue weighted by Crippen LogP contribution is -2.38. The number of amides is 1. The number of nitrogens with two attached hydrogens (primary N) is 1. The van der Waals surface area contributed by atoms with Crippen LogP contribution in [0.25, 0.3) is 0 Å². The molecule has 1 aliphatic rings. The molecule has 3 nitrogen and oxygen atoms in total. The van der Waals surface area contributed by atoms with Crippen LogP contribution < -0.4 is 11.1 Å². The molecule has 12 heavy (non-hydrogen) atoms. The minimum Gasteiger partial charge on any atom is -0.369 e. The van der Waals surface area contributed by atoms with Crippen LogP contribution in [0.4, 0.5) is 0 Å². The molecule has 0 unspecified atom stereocenters. The highest BCUT2D eigenvalue weighted by Crippen LogP contribution is 2.27. The first-order valence-electron chi connectivity index (χ1n) is 4.72. The SMILES string of the molecule is C[C@@H](NCC(N)=O)C1CCCC1. The van der Waals surface area contributed by atoms with Crippen molar-refractivity contribution in [2.75, 3.05) is 6.54 Å². The van der Waals surface area contributed by atoms with Crippen LogP contribution in [0.2, 0.25) is 0 Å². The summed E-state index contributed by atoms with van der Waals surface area (Å²) in [6.07, 6.45) is 5.28. The molecule has 0 saturated heterocycles. The molecule has 3 N–H and O–H groups in total. The van der Waals surface area contributed by atoms with Crippen LogP contribution in [0.3, 0.4) is 0 Å². The topological polar surface area (TPSA) is 55.1 Å². The van der Waals surface area contributed by atoms with Crippen LogP contribution in [-0.2, 0) is 4.79 Å². The Kier molecular flexibility index (Phi) is 3.53. The number of carbonyl (C=O) groups is 1. The van der Waals surface area contributed by atoms with Crippen molar-refractivity contribution in [1.29, 1.82) is 0 Å². The third-order valence-corrected chi connectivity index (χ3v) is 2.71. The molecule has 1 fully saturated rings. The highest BCUT2D eigenvalue weighted by Gasteiger charge is 2.20. The molecule has 0 heterocycles. The van der Waals surface area contributed by atoms with Crippen molar-refractivity contribution >= 4 is 5.91 Å². The summed E-state index contributed by atoms with van der Waals surface area (Å²) in [4.78, 5) is 10.5. The van der Waals surface area contributed by atoms with E-state index in [0.29, 0.717) is 12.6 Å². The number of rotatable bonds is 4. The van der Waals surface area contributed by atoms with E-state index in [4.69, 9.17) is 5.73 Å². The molecule has 0 bridgehead atoms. The van der Waals surface area contributed by atoms with Gasteiger partial charge in [-0.15, -0.1) is 0 Å². The lowest BCUT2D eigenvalue weighted by molar-refractivity contribution is -0.117. The molecule has 0 radical (unpaired) electrons. The van der Waals surface area contributed by atoms with E-state index in [1.54, 1.807) is 0 Å². The molecule has 0 spiro atoms. The van der Waals surface area contributed by atoms with Crippen molar-refractivity contribution in [1.82, 2.24) is 5.32 Å². The van der Waals surface area contributed by atoms with Gasteiger partial charge in [-0.25, -0.2) is 0 Å². The fourth-order valence-electron chi connectivity index (χ4n) is 1.89. The average molecular weight is 170 g/mol. The van der Waals surface area contributed by atoms with Gasteiger partial charge < -0.3 is 11.1 Å². The first-order chi connectivity index (χ1) is 5.70. The summed E-state index contributed by atoms with van der Waals surface area (Å²) >= 11 is 0. The second kappa shape index (κ2) is 4.45. The Morgan fingerprint density at radius 2 is 2.17 bits per heavy atom. The smallest absolute Gasteiger partial charge is 0.231 e. The molecule has 1 aliphatic carbocycles. The zero-order valence-electron chi connectivity index (χ0n) is 7.68. The molecule has 1 atom stereocenters. The molecule has 70 valence electrons. The van der Waals surface area contributed by atoms with Gasteiger partial charge in [-0.3, -0.25) is 4.79 Å². The summed E-state index contributed by atoms with van der Waals surface area (Å²) in [6, 6.07) is 0.444. The first-order valence-corrected chi connectivity index (χ1v) is 4.72. The van der Waals surface area contributed by atoms with Crippen LogP contribution in [0.15, 0.2) is 0 Å². The highest BCUT2D eigenvalue weighted by atomic mass is 16.1. The Labute approximate surface area is 73.7 Å². The average Bonchev–Trinajstić information content (AvgIpc) is 2.51. The molecule has 1 rings (SSSR count). The second-order valence-electron chi connectivity index (χ2n) is 3.68. The molecule has 0 aromatic heterocycles. The number of primary amides is 1. The van der Waals surface area contributed by atoms with Crippen molar-refractivity contribution < 1.29 is 4.79 Å². The number of carbonyl (C=O) groups excluding carboxylic acids is 1.